The molecule has 0 bridgehead atoms. The van der Waals surface area contributed by atoms with Crippen LogP contribution in [0.4, 0.5) is 0 Å². The summed E-state index contributed by atoms with van der Waals surface area (Å²) in [4.78, 5) is 4.56. The fraction of sp³-hybridized carbons (Fsp3) is 0.143. The van der Waals surface area contributed by atoms with Crippen LogP contribution in [0, 0.1) is 11.3 Å². The number of fused-ring (bicyclic) bond motifs is 1. The van der Waals surface area contributed by atoms with Crippen LogP contribution in [0.1, 0.15) is 17.5 Å². The summed E-state index contributed by atoms with van der Waals surface area (Å²) >= 11 is 1.51. The van der Waals surface area contributed by atoms with Crippen molar-refractivity contribution < 1.29 is 9.47 Å². The summed E-state index contributed by atoms with van der Waals surface area (Å²) in [5, 5.41) is 10.3. The van der Waals surface area contributed by atoms with Gasteiger partial charge in [-0.25, -0.2) is 4.98 Å². The molecule has 0 aliphatic carbocycles. The van der Waals surface area contributed by atoms with Crippen LogP contribution in [-0.4, -0.2) is 18.2 Å². The molecular weight excluding hydrogens is 344 g/mol. The maximum atomic E-state index is 9.59. The quantitative estimate of drug-likeness (QED) is 0.421. The number of allylic oxidation sites excluding steroid dienone is 1. The van der Waals surface area contributed by atoms with Crippen molar-refractivity contribution in [2.45, 2.75) is 6.92 Å². The van der Waals surface area contributed by atoms with Crippen LogP contribution in [0.2, 0.25) is 0 Å². The van der Waals surface area contributed by atoms with Gasteiger partial charge in [0.25, 0.3) is 0 Å². The van der Waals surface area contributed by atoms with E-state index in [1.807, 2.05) is 55.5 Å². The summed E-state index contributed by atoms with van der Waals surface area (Å²) in [6.07, 6.45) is 3.50. The highest BCUT2D eigenvalue weighted by atomic mass is 32.1. The van der Waals surface area contributed by atoms with E-state index in [2.05, 4.69) is 17.6 Å². The van der Waals surface area contributed by atoms with Crippen molar-refractivity contribution in [3.05, 3.63) is 65.7 Å². The van der Waals surface area contributed by atoms with Gasteiger partial charge in [-0.15, -0.1) is 11.3 Å². The lowest BCUT2D eigenvalue weighted by Gasteiger charge is -2.11. The van der Waals surface area contributed by atoms with Gasteiger partial charge in [0, 0.05) is 0 Å². The van der Waals surface area contributed by atoms with E-state index in [1.54, 1.807) is 6.08 Å². The Hall–Kier alpha value is -3.10. The normalized spacial score (nSPS) is 11.2. The molecule has 0 fully saturated rings. The molecule has 0 spiro atoms. The van der Waals surface area contributed by atoms with Crippen LogP contribution in [-0.2, 0) is 0 Å². The van der Waals surface area contributed by atoms with Gasteiger partial charge < -0.3 is 9.47 Å². The van der Waals surface area contributed by atoms with E-state index in [4.69, 9.17) is 9.47 Å². The Morgan fingerprint density at radius 3 is 2.81 bits per heavy atom. The van der Waals surface area contributed by atoms with Crippen LogP contribution >= 0.6 is 11.3 Å². The van der Waals surface area contributed by atoms with Gasteiger partial charge in [0.1, 0.15) is 17.7 Å². The number of hydrogen-bond acceptors (Lipinski definition) is 5. The number of nitriles is 1. The zero-order valence-electron chi connectivity index (χ0n) is 14.4. The van der Waals surface area contributed by atoms with Crippen molar-refractivity contribution >= 4 is 33.2 Å². The van der Waals surface area contributed by atoms with E-state index in [-0.39, 0.29) is 0 Å². The molecular formula is C21H18N2O2S. The van der Waals surface area contributed by atoms with Gasteiger partial charge >= 0.3 is 0 Å². The third-order valence-electron chi connectivity index (χ3n) is 3.58. The number of aromatic nitrogens is 1. The van der Waals surface area contributed by atoms with Crippen LogP contribution in [0.3, 0.4) is 0 Å². The average Bonchev–Trinajstić information content (AvgIpc) is 3.09. The molecule has 2 aromatic carbocycles. The fourth-order valence-corrected chi connectivity index (χ4v) is 3.38. The molecule has 4 nitrogen and oxygen atoms in total. The van der Waals surface area contributed by atoms with Crippen molar-refractivity contribution in [1.82, 2.24) is 4.98 Å². The SMILES string of the molecule is C=CCOc1ccc(C=C(C#N)c2nc3ccccc3s2)cc1OCC. The van der Waals surface area contributed by atoms with Gasteiger partial charge in [0.2, 0.25) is 0 Å². The van der Waals surface area contributed by atoms with Crippen molar-refractivity contribution in [2.24, 2.45) is 0 Å². The Labute approximate surface area is 156 Å². The van der Waals surface area contributed by atoms with E-state index in [0.29, 0.717) is 35.3 Å². The second kappa shape index (κ2) is 8.32. The lowest BCUT2D eigenvalue weighted by Crippen LogP contribution is -1.99. The Morgan fingerprint density at radius 1 is 1.23 bits per heavy atom. The number of ether oxygens (including phenoxy) is 2. The van der Waals surface area contributed by atoms with E-state index >= 15 is 0 Å². The summed E-state index contributed by atoms with van der Waals surface area (Å²) in [5.41, 5.74) is 2.28. The van der Waals surface area contributed by atoms with E-state index in [0.717, 1.165) is 15.8 Å². The minimum absolute atomic E-state index is 0.407. The first-order valence-corrected chi connectivity index (χ1v) is 9.05. The number of nitrogens with zero attached hydrogens (tertiary/aromatic N) is 2. The second-order valence-electron chi connectivity index (χ2n) is 5.40. The molecule has 0 aliphatic heterocycles. The van der Waals surface area contributed by atoms with Crippen LogP contribution < -0.4 is 9.47 Å². The number of rotatable bonds is 7. The molecule has 3 rings (SSSR count). The maximum Gasteiger partial charge on any atom is 0.161 e. The molecule has 5 heteroatoms. The largest absolute Gasteiger partial charge is 0.490 e. The maximum absolute atomic E-state index is 9.59. The molecule has 0 atom stereocenters. The monoisotopic (exact) mass is 362 g/mol. The number of thiazole rings is 1. The van der Waals surface area contributed by atoms with E-state index in [1.165, 1.54) is 11.3 Å². The van der Waals surface area contributed by atoms with Crippen LogP contribution in [0.5, 0.6) is 11.5 Å². The predicted octanol–water partition coefficient (Wildman–Crippen LogP) is 5.32. The average molecular weight is 362 g/mol. The smallest absolute Gasteiger partial charge is 0.161 e. The molecule has 3 aromatic rings. The van der Waals surface area contributed by atoms with Gasteiger partial charge in [-0.05, 0) is 42.8 Å². The first-order valence-electron chi connectivity index (χ1n) is 8.23. The standard InChI is InChI=1S/C21H18N2O2S/c1-3-11-25-18-10-9-15(13-19(18)24-4-2)12-16(14-22)21-23-17-7-5-6-8-20(17)26-21/h3,5-10,12-13H,1,4,11H2,2H3. The lowest BCUT2D eigenvalue weighted by atomic mass is 10.1. The Balaban J connectivity index is 1.96. The van der Waals surface area contributed by atoms with Gasteiger partial charge in [-0.1, -0.05) is 30.9 Å². The summed E-state index contributed by atoms with van der Waals surface area (Å²) in [6.45, 7) is 6.51. The molecule has 0 amide bonds. The van der Waals surface area contributed by atoms with Gasteiger partial charge in [0.05, 0.1) is 22.4 Å². The summed E-state index contributed by atoms with van der Waals surface area (Å²) < 4.78 is 12.3. The molecule has 0 aliphatic rings. The highest BCUT2D eigenvalue weighted by Crippen LogP contribution is 2.32. The van der Waals surface area contributed by atoms with Crippen LogP contribution in [0.15, 0.2) is 55.1 Å². The first-order chi connectivity index (χ1) is 12.7. The number of benzene rings is 2. The molecule has 0 unspecified atom stereocenters. The third kappa shape index (κ3) is 3.93. The van der Waals surface area contributed by atoms with Crippen molar-refractivity contribution in [2.75, 3.05) is 13.2 Å². The highest BCUT2D eigenvalue weighted by molar-refractivity contribution is 7.19. The van der Waals surface area contributed by atoms with E-state index < -0.39 is 0 Å². The van der Waals surface area contributed by atoms with Crippen molar-refractivity contribution in [1.29, 1.82) is 5.26 Å². The molecule has 1 heterocycles. The van der Waals surface area contributed by atoms with Crippen molar-refractivity contribution in [3.8, 4) is 17.6 Å². The lowest BCUT2D eigenvalue weighted by molar-refractivity contribution is 0.297. The zero-order chi connectivity index (χ0) is 18.4. The topological polar surface area (TPSA) is 55.1 Å². The number of para-hydroxylation sites is 1. The summed E-state index contributed by atoms with van der Waals surface area (Å²) in [5.74, 6) is 1.30. The van der Waals surface area contributed by atoms with E-state index in [9.17, 15) is 5.26 Å². The fourth-order valence-electron chi connectivity index (χ4n) is 2.45. The second-order valence-corrected chi connectivity index (χ2v) is 6.43. The molecule has 0 saturated carbocycles. The summed E-state index contributed by atoms with van der Waals surface area (Å²) in [7, 11) is 0. The molecule has 26 heavy (non-hydrogen) atoms. The van der Waals surface area contributed by atoms with Gasteiger partial charge in [-0.3, -0.25) is 0 Å². The van der Waals surface area contributed by atoms with Gasteiger partial charge in [0.15, 0.2) is 11.5 Å². The first kappa shape index (κ1) is 17.7. The highest BCUT2D eigenvalue weighted by Gasteiger charge is 2.10. The van der Waals surface area contributed by atoms with Gasteiger partial charge in [-0.2, -0.15) is 5.26 Å². The predicted molar refractivity (Wildman–Crippen MR) is 106 cm³/mol. The Bertz CT molecular complexity index is 966. The third-order valence-corrected chi connectivity index (χ3v) is 4.65. The molecule has 0 radical (unpaired) electrons. The van der Waals surface area contributed by atoms with Crippen molar-refractivity contribution in [3.63, 3.8) is 0 Å². The Morgan fingerprint density at radius 2 is 2.08 bits per heavy atom. The minimum Gasteiger partial charge on any atom is -0.490 e. The minimum atomic E-state index is 0.407. The molecule has 0 N–H and O–H groups in total. The molecule has 130 valence electrons. The zero-order valence-corrected chi connectivity index (χ0v) is 15.3. The Kier molecular flexibility index (Phi) is 5.67. The molecule has 1 aromatic heterocycles. The van der Waals surface area contributed by atoms with Crippen LogP contribution in [0.25, 0.3) is 21.9 Å². The summed E-state index contributed by atoms with van der Waals surface area (Å²) in [6, 6.07) is 15.7. The molecule has 0 saturated heterocycles. The number of hydrogen-bond donors (Lipinski definition) is 0.